The molecule has 0 aliphatic rings. The molecule has 6 heteroatoms. The molecule has 0 aliphatic heterocycles. The van der Waals surface area contributed by atoms with Gasteiger partial charge in [0, 0.05) is 0 Å². The first-order chi connectivity index (χ1) is 13.4. The van der Waals surface area contributed by atoms with Gasteiger partial charge in [0.05, 0.1) is 16.4 Å². The Morgan fingerprint density at radius 1 is 0.643 bits per heavy atom. The predicted molar refractivity (Wildman–Crippen MR) is 107 cm³/mol. The van der Waals surface area contributed by atoms with E-state index in [9.17, 15) is 14.2 Å². The molecule has 0 aliphatic carbocycles. The molecule has 0 bridgehead atoms. The summed E-state index contributed by atoms with van der Waals surface area (Å²) in [5.41, 5.74) is 1.63. The van der Waals surface area contributed by atoms with Gasteiger partial charge in [0.2, 0.25) is 0 Å². The zero-order valence-electron chi connectivity index (χ0n) is 15.5. The first-order valence-corrected chi connectivity index (χ1v) is 10.2. The number of aryl methyl sites for hydroxylation is 2. The van der Waals surface area contributed by atoms with Gasteiger partial charge in [-0.05, 0) is 49.2 Å². The molecule has 0 atom stereocenters. The fourth-order valence-corrected chi connectivity index (χ4v) is 4.70. The van der Waals surface area contributed by atoms with E-state index in [0.717, 1.165) is 0 Å². The summed E-state index contributed by atoms with van der Waals surface area (Å²) in [4.78, 5) is 25.2. The van der Waals surface area contributed by atoms with Gasteiger partial charge in [0.1, 0.15) is 0 Å². The Morgan fingerprint density at radius 3 is 1.43 bits per heavy atom. The summed E-state index contributed by atoms with van der Waals surface area (Å²) in [6.45, 7) is 3.45. The molecule has 3 rings (SSSR count). The number of rotatable bonds is 5. The first kappa shape index (κ1) is 19.6. The molecular formula is C22H19O5P. The molecule has 142 valence electrons. The Labute approximate surface area is 163 Å². The van der Waals surface area contributed by atoms with E-state index in [1.54, 1.807) is 68.4 Å². The SMILES string of the molecule is Cc1cccc(C)c1P(=O)(OC(=O)c1ccccc1)OC(=O)c1ccccc1. The molecule has 0 spiro atoms. The molecule has 3 aromatic carbocycles. The summed E-state index contributed by atoms with van der Waals surface area (Å²) in [6.07, 6.45) is 0. The molecule has 28 heavy (non-hydrogen) atoms. The maximum atomic E-state index is 13.7. The highest BCUT2D eigenvalue weighted by Gasteiger charge is 2.38. The Balaban J connectivity index is 2.02. The Kier molecular flexibility index (Phi) is 5.76. The lowest BCUT2D eigenvalue weighted by Crippen LogP contribution is -2.21. The van der Waals surface area contributed by atoms with Crippen molar-refractivity contribution in [3.8, 4) is 0 Å². The zero-order chi connectivity index (χ0) is 20.1. The van der Waals surface area contributed by atoms with Gasteiger partial charge in [-0.25, -0.2) is 14.2 Å². The standard InChI is InChI=1S/C22H19O5P/c1-16-10-9-11-17(2)20(16)28(25,26-21(23)18-12-5-3-6-13-18)27-22(24)19-14-7-4-8-15-19/h3-15H,1-2H3. The molecule has 0 fully saturated rings. The van der Waals surface area contributed by atoms with E-state index in [1.807, 2.05) is 0 Å². The van der Waals surface area contributed by atoms with Crippen molar-refractivity contribution < 1.29 is 23.2 Å². The molecule has 0 heterocycles. The van der Waals surface area contributed by atoms with Crippen LogP contribution in [0.4, 0.5) is 0 Å². The van der Waals surface area contributed by atoms with Gasteiger partial charge in [-0.2, -0.15) is 0 Å². The zero-order valence-corrected chi connectivity index (χ0v) is 16.4. The van der Waals surface area contributed by atoms with Crippen LogP contribution in [0, 0.1) is 13.8 Å². The minimum absolute atomic E-state index is 0.212. The van der Waals surface area contributed by atoms with Gasteiger partial charge in [-0.3, -0.25) is 0 Å². The second kappa shape index (κ2) is 8.24. The van der Waals surface area contributed by atoms with E-state index in [4.69, 9.17) is 9.05 Å². The van der Waals surface area contributed by atoms with Gasteiger partial charge < -0.3 is 9.05 Å². The Hall–Kier alpha value is -3.17. The van der Waals surface area contributed by atoms with E-state index in [0.29, 0.717) is 11.1 Å². The van der Waals surface area contributed by atoms with Gasteiger partial charge in [0.15, 0.2) is 0 Å². The predicted octanol–water partition coefficient (Wildman–Crippen LogP) is 4.84. The summed E-state index contributed by atoms with van der Waals surface area (Å²) in [5, 5.41) is 0.212. The van der Waals surface area contributed by atoms with Crippen molar-refractivity contribution >= 4 is 24.8 Å². The minimum Gasteiger partial charge on any atom is -0.376 e. The molecule has 0 aromatic heterocycles. The average molecular weight is 394 g/mol. The third-order valence-electron chi connectivity index (χ3n) is 4.14. The van der Waals surface area contributed by atoms with Crippen LogP contribution in [0.5, 0.6) is 0 Å². The van der Waals surface area contributed by atoms with Crippen LogP contribution in [0.15, 0.2) is 78.9 Å². The highest BCUT2D eigenvalue weighted by molar-refractivity contribution is 7.63. The van der Waals surface area contributed by atoms with Crippen LogP contribution in [0.3, 0.4) is 0 Å². The van der Waals surface area contributed by atoms with Crippen molar-refractivity contribution in [2.75, 3.05) is 0 Å². The largest absolute Gasteiger partial charge is 0.468 e. The van der Waals surface area contributed by atoms with Crippen LogP contribution in [0.25, 0.3) is 0 Å². The van der Waals surface area contributed by atoms with Gasteiger partial charge >= 0.3 is 19.5 Å². The highest BCUT2D eigenvalue weighted by Crippen LogP contribution is 2.50. The quantitative estimate of drug-likeness (QED) is 0.580. The maximum Gasteiger partial charge on any atom is 0.468 e. The number of carbonyl (C=O) groups is 2. The molecule has 0 saturated heterocycles. The average Bonchev–Trinajstić information content (AvgIpc) is 2.69. The van der Waals surface area contributed by atoms with Gasteiger partial charge in [-0.1, -0.05) is 54.6 Å². The molecule has 0 N–H and O–H groups in total. The minimum atomic E-state index is -4.29. The lowest BCUT2D eigenvalue weighted by atomic mass is 10.2. The molecular weight excluding hydrogens is 375 g/mol. The van der Waals surface area contributed by atoms with Crippen molar-refractivity contribution in [1.29, 1.82) is 0 Å². The molecule has 0 amide bonds. The monoisotopic (exact) mass is 394 g/mol. The third-order valence-corrected chi connectivity index (χ3v) is 6.20. The topological polar surface area (TPSA) is 69.7 Å². The van der Waals surface area contributed by atoms with Crippen LogP contribution in [0.2, 0.25) is 0 Å². The van der Waals surface area contributed by atoms with Gasteiger partial charge in [0.25, 0.3) is 0 Å². The van der Waals surface area contributed by atoms with E-state index in [2.05, 4.69) is 0 Å². The summed E-state index contributed by atoms with van der Waals surface area (Å²) in [7, 11) is -4.29. The van der Waals surface area contributed by atoms with Crippen molar-refractivity contribution in [2.24, 2.45) is 0 Å². The molecule has 5 nitrogen and oxygen atoms in total. The van der Waals surface area contributed by atoms with Crippen molar-refractivity contribution in [2.45, 2.75) is 13.8 Å². The summed E-state index contributed by atoms with van der Waals surface area (Å²) in [5.74, 6) is -1.65. The Morgan fingerprint density at radius 2 is 1.04 bits per heavy atom. The number of hydrogen-bond acceptors (Lipinski definition) is 5. The smallest absolute Gasteiger partial charge is 0.376 e. The first-order valence-electron chi connectivity index (χ1n) is 8.65. The van der Waals surface area contributed by atoms with Gasteiger partial charge in [-0.15, -0.1) is 0 Å². The van der Waals surface area contributed by atoms with Crippen molar-refractivity contribution in [1.82, 2.24) is 0 Å². The number of hydrogen-bond donors (Lipinski definition) is 0. The van der Waals surface area contributed by atoms with Crippen LogP contribution < -0.4 is 5.30 Å². The van der Waals surface area contributed by atoms with Crippen LogP contribution in [0.1, 0.15) is 31.8 Å². The lowest BCUT2D eigenvalue weighted by Gasteiger charge is -2.21. The number of benzene rings is 3. The van der Waals surface area contributed by atoms with E-state index in [1.165, 1.54) is 24.3 Å². The summed E-state index contributed by atoms with van der Waals surface area (Å²) in [6, 6.07) is 21.5. The summed E-state index contributed by atoms with van der Waals surface area (Å²) < 4.78 is 24.4. The van der Waals surface area contributed by atoms with E-state index < -0.39 is 19.5 Å². The molecule has 0 radical (unpaired) electrons. The fourth-order valence-electron chi connectivity index (χ4n) is 2.82. The third kappa shape index (κ3) is 4.21. The fraction of sp³-hybridized carbons (Fsp3) is 0.0909. The second-order valence-corrected chi connectivity index (χ2v) is 8.03. The highest BCUT2D eigenvalue weighted by atomic mass is 31.2. The van der Waals surface area contributed by atoms with Crippen molar-refractivity contribution in [3.05, 3.63) is 101 Å². The van der Waals surface area contributed by atoms with E-state index >= 15 is 0 Å². The lowest BCUT2D eigenvalue weighted by molar-refractivity contribution is 0.0639. The van der Waals surface area contributed by atoms with E-state index in [-0.39, 0.29) is 16.4 Å². The maximum absolute atomic E-state index is 13.7. The van der Waals surface area contributed by atoms with Crippen LogP contribution in [-0.2, 0) is 13.6 Å². The Bertz CT molecular complexity index is 967. The van der Waals surface area contributed by atoms with Crippen molar-refractivity contribution in [3.63, 3.8) is 0 Å². The molecule has 0 saturated carbocycles. The van der Waals surface area contributed by atoms with Crippen LogP contribution >= 0.6 is 7.60 Å². The van der Waals surface area contributed by atoms with Crippen LogP contribution in [-0.4, -0.2) is 11.9 Å². The molecule has 3 aromatic rings. The molecule has 0 unspecified atom stereocenters. The summed E-state index contributed by atoms with van der Waals surface area (Å²) >= 11 is 0. The number of carbonyl (C=O) groups excluding carboxylic acids is 2. The normalized spacial score (nSPS) is 10.9. The second-order valence-electron chi connectivity index (χ2n) is 6.23.